The number of H-pyrrole nitrogens is 1. The SMILES string of the molecule is Cc1[nH]c2ccc([N+](=O)[O-])cc2c1C1=CCNCC1. The van der Waals surface area contributed by atoms with E-state index < -0.39 is 0 Å². The minimum atomic E-state index is -0.345. The third kappa shape index (κ3) is 2.02. The van der Waals surface area contributed by atoms with E-state index >= 15 is 0 Å². The Morgan fingerprint density at radius 3 is 2.89 bits per heavy atom. The Morgan fingerprint density at radius 1 is 1.37 bits per heavy atom. The molecule has 2 aromatic rings. The Labute approximate surface area is 110 Å². The van der Waals surface area contributed by atoms with Crippen LogP contribution in [0.2, 0.25) is 0 Å². The molecule has 1 aromatic heterocycles. The van der Waals surface area contributed by atoms with Crippen LogP contribution < -0.4 is 5.32 Å². The zero-order valence-corrected chi connectivity index (χ0v) is 10.7. The number of nitrogens with one attached hydrogen (secondary N) is 2. The van der Waals surface area contributed by atoms with Crippen LogP contribution in [0.1, 0.15) is 17.7 Å². The largest absolute Gasteiger partial charge is 0.358 e. The molecule has 3 rings (SSSR count). The number of aromatic amines is 1. The van der Waals surface area contributed by atoms with Gasteiger partial charge in [-0.2, -0.15) is 0 Å². The van der Waals surface area contributed by atoms with Gasteiger partial charge in [0.15, 0.2) is 0 Å². The first-order valence-corrected chi connectivity index (χ1v) is 6.33. The topological polar surface area (TPSA) is 71.0 Å². The number of nitro benzene ring substituents is 1. The Morgan fingerprint density at radius 2 is 2.21 bits per heavy atom. The Kier molecular flexibility index (Phi) is 2.83. The molecule has 0 amide bonds. The van der Waals surface area contributed by atoms with Gasteiger partial charge in [0.25, 0.3) is 5.69 Å². The molecule has 1 aliphatic heterocycles. The summed E-state index contributed by atoms with van der Waals surface area (Å²) in [5, 5.41) is 15.1. The number of hydrogen-bond acceptors (Lipinski definition) is 3. The summed E-state index contributed by atoms with van der Waals surface area (Å²) in [7, 11) is 0. The highest BCUT2D eigenvalue weighted by atomic mass is 16.6. The smallest absolute Gasteiger partial charge is 0.270 e. The van der Waals surface area contributed by atoms with Crippen molar-refractivity contribution in [3.05, 3.63) is 45.6 Å². The molecule has 5 nitrogen and oxygen atoms in total. The van der Waals surface area contributed by atoms with Crippen molar-refractivity contribution in [2.75, 3.05) is 13.1 Å². The van der Waals surface area contributed by atoms with E-state index in [1.165, 1.54) is 5.57 Å². The lowest BCUT2D eigenvalue weighted by molar-refractivity contribution is -0.384. The summed E-state index contributed by atoms with van der Waals surface area (Å²) >= 11 is 0. The van der Waals surface area contributed by atoms with Crippen molar-refractivity contribution >= 4 is 22.2 Å². The average molecular weight is 257 g/mol. The lowest BCUT2D eigenvalue weighted by Crippen LogP contribution is -2.20. The number of benzene rings is 1. The lowest BCUT2D eigenvalue weighted by atomic mass is 9.97. The quantitative estimate of drug-likeness (QED) is 0.642. The monoisotopic (exact) mass is 257 g/mol. The summed E-state index contributed by atoms with van der Waals surface area (Å²) in [5.41, 5.74) is 4.56. The van der Waals surface area contributed by atoms with Crippen LogP contribution in [0, 0.1) is 17.0 Å². The highest BCUT2D eigenvalue weighted by Crippen LogP contribution is 2.33. The number of aromatic nitrogens is 1. The normalized spacial score (nSPS) is 15.5. The van der Waals surface area contributed by atoms with E-state index in [-0.39, 0.29) is 10.6 Å². The van der Waals surface area contributed by atoms with Gasteiger partial charge in [0, 0.05) is 40.8 Å². The highest BCUT2D eigenvalue weighted by Gasteiger charge is 2.17. The van der Waals surface area contributed by atoms with Crippen LogP contribution in [0.25, 0.3) is 16.5 Å². The number of rotatable bonds is 2. The van der Waals surface area contributed by atoms with Crippen molar-refractivity contribution in [3.8, 4) is 0 Å². The van der Waals surface area contributed by atoms with E-state index in [9.17, 15) is 10.1 Å². The zero-order chi connectivity index (χ0) is 13.4. The van der Waals surface area contributed by atoms with E-state index in [1.807, 2.05) is 6.92 Å². The molecule has 1 aliphatic rings. The van der Waals surface area contributed by atoms with E-state index in [0.717, 1.165) is 41.7 Å². The molecule has 19 heavy (non-hydrogen) atoms. The van der Waals surface area contributed by atoms with Gasteiger partial charge in [0.1, 0.15) is 0 Å². The molecule has 0 fully saturated rings. The van der Waals surface area contributed by atoms with Gasteiger partial charge >= 0.3 is 0 Å². The minimum absolute atomic E-state index is 0.141. The van der Waals surface area contributed by atoms with Crippen molar-refractivity contribution in [3.63, 3.8) is 0 Å². The molecule has 0 unspecified atom stereocenters. The first-order chi connectivity index (χ1) is 9.16. The predicted molar refractivity (Wildman–Crippen MR) is 75.2 cm³/mol. The summed E-state index contributed by atoms with van der Waals surface area (Å²) in [5.74, 6) is 0. The second kappa shape index (κ2) is 4.51. The molecule has 1 aromatic carbocycles. The number of fused-ring (bicyclic) bond motifs is 1. The summed E-state index contributed by atoms with van der Waals surface area (Å²) in [6.45, 7) is 3.83. The molecular weight excluding hydrogens is 242 g/mol. The second-order valence-corrected chi connectivity index (χ2v) is 4.80. The van der Waals surface area contributed by atoms with Crippen LogP contribution in [-0.4, -0.2) is 23.0 Å². The lowest BCUT2D eigenvalue weighted by Gasteiger charge is -2.14. The predicted octanol–water partition coefficient (Wildman–Crippen LogP) is 2.76. The Hall–Kier alpha value is -2.14. The van der Waals surface area contributed by atoms with Crippen LogP contribution >= 0.6 is 0 Å². The molecule has 2 N–H and O–H groups in total. The third-order valence-electron chi connectivity index (χ3n) is 3.57. The van der Waals surface area contributed by atoms with E-state index in [0.29, 0.717) is 0 Å². The van der Waals surface area contributed by atoms with Crippen LogP contribution in [0.15, 0.2) is 24.3 Å². The maximum Gasteiger partial charge on any atom is 0.270 e. The van der Waals surface area contributed by atoms with Gasteiger partial charge in [-0.15, -0.1) is 0 Å². The molecule has 0 saturated heterocycles. The first-order valence-electron chi connectivity index (χ1n) is 6.33. The minimum Gasteiger partial charge on any atom is -0.358 e. The van der Waals surface area contributed by atoms with Crippen molar-refractivity contribution in [2.45, 2.75) is 13.3 Å². The zero-order valence-electron chi connectivity index (χ0n) is 10.7. The maximum absolute atomic E-state index is 10.9. The number of nitrogens with zero attached hydrogens (tertiary/aromatic N) is 1. The Balaban J connectivity index is 2.22. The number of nitro groups is 1. The molecule has 2 heterocycles. The summed E-state index contributed by atoms with van der Waals surface area (Å²) in [6.07, 6.45) is 3.12. The van der Waals surface area contributed by atoms with Gasteiger partial charge in [-0.3, -0.25) is 10.1 Å². The van der Waals surface area contributed by atoms with E-state index in [2.05, 4.69) is 16.4 Å². The van der Waals surface area contributed by atoms with Gasteiger partial charge in [0.05, 0.1) is 4.92 Å². The molecule has 0 radical (unpaired) electrons. The molecule has 0 atom stereocenters. The van der Waals surface area contributed by atoms with Crippen LogP contribution in [0.4, 0.5) is 5.69 Å². The van der Waals surface area contributed by atoms with Gasteiger partial charge in [-0.1, -0.05) is 6.08 Å². The number of hydrogen-bond donors (Lipinski definition) is 2. The molecule has 0 aliphatic carbocycles. The van der Waals surface area contributed by atoms with Crippen LogP contribution in [0.3, 0.4) is 0 Å². The Bertz CT molecular complexity index is 685. The van der Waals surface area contributed by atoms with Gasteiger partial charge in [0.2, 0.25) is 0 Å². The van der Waals surface area contributed by atoms with Crippen LogP contribution in [0.5, 0.6) is 0 Å². The molecular formula is C14H15N3O2. The van der Waals surface area contributed by atoms with E-state index in [4.69, 9.17) is 0 Å². The van der Waals surface area contributed by atoms with Crippen molar-refractivity contribution in [1.82, 2.24) is 10.3 Å². The van der Waals surface area contributed by atoms with Crippen molar-refractivity contribution in [2.24, 2.45) is 0 Å². The van der Waals surface area contributed by atoms with Gasteiger partial charge in [-0.25, -0.2) is 0 Å². The first kappa shape index (κ1) is 11.9. The number of non-ortho nitro benzene ring substituents is 1. The molecule has 98 valence electrons. The average Bonchev–Trinajstić information content (AvgIpc) is 2.74. The maximum atomic E-state index is 10.9. The van der Waals surface area contributed by atoms with Gasteiger partial charge in [-0.05, 0) is 31.5 Å². The number of aryl methyl sites for hydroxylation is 1. The van der Waals surface area contributed by atoms with Crippen molar-refractivity contribution in [1.29, 1.82) is 0 Å². The van der Waals surface area contributed by atoms with E-state index in [1.54, 1.807) is 18.2 Å². The molecule has 0 bridgehead atoms. The second-order valence-electron chi connectivity index (χ2n) is 4.80. The summed E-state index contributed by atoms with van der Waals surface area (Å²) in [6, 6.07) is 4.99. The fraction of sp³-hybridized carbons (Fsp3) is 0.286. The fourth-order valence-electron chi connectivity index (χ4n) is 2.69. The van der Waals surface area contributed by atoms with Gasteiger partial charge < -0.3 is 10.3 Å². The van der Waals surface area contributed by atoms with Crippen LogP contribution in [-0.2, 0) is 0 Å². The van der Waals surface area contributed by atoms with Crippen molar-refractivity contribution < 1.29 is 4.92 Å². The molecule has 0 spiro atoms. The summed E-state index contributed by atoms with van der Waals surface area (Å²) < 4.78 is 0. The fourth-order valence-corrected chi connectivity index (χ4v) is 2.69. The molecule has 5 heteroatoms. The standard InChI is InChI=1S/C14H15N3O2/c1-9-14(10-4-6-15-7-5-10)12-8-11(17(18)19)2-3-13(12)16-9/h2-4,8,15-16H,5-7H2,1H3. The molecule has 0 saturated carbocycles. The highest BCUT2D eigenvalue weighted by molar-refractivity contribution is 5.95. The summed E-state index contributed by atoms with van der Waals surface area (Å²) in [4.78, 5) is 13.9. The third-order valence-corrected chi connectivity index (χ3v) is 3.57.